The lowest BCUT2D eigenvalue weighted by molar-refractivity contribution is 0.00224. The molecular formula is C81H63NO. The molecule has 3 fully saturated rings. The van der Waals surface area contributed by atoms with Crippen molar-refractivity contribution in [3.05, 3.63) is 294 Å². The Morgan fingerprint density at radius 2 is 0.795 bits per heavy atom. The molecule has 7 unspecified atom stereocenters. The van der Waals surface area contributed by atoms with Gasteiger partial charge in [0.2, 0.25) is 0 Å². The van der Waals surface area contributed by atoms with Gasteiger partial charge in [0.25, 0.3) is 0 Å². The molecule has 11 aromatic carbocycles. The zero-order valence-electron chi connectivity index (χ0n) is 46.6. The van der Waals surface area contributed by atoms with Crippen molar-refractivity contribution in [2.75, 3.05) is 4.90 Å². The van der Waals surface area contributed by atoms with Crippen LogP contribution in [0.4, 0.5) is 17.1 Å². The van der Waals surface area contributed by atoms with Crippen LogP contribution >= 0.6 is 0 Å². The summed E-state index contributed by atoms with van der Waals surface area (Å²) in [4.78, 5) is 2.41. The topological polar surface area (TPSA) is 16.4 Å². The van der Waals surface area contributed by atoms with Gasteiger partial charge < -0.3 is 9.32 Å². The highest BCUT2D eigenvalue weighted by Crippen LogP contribution is 2.76. The quantitative estimate of drug-likeness (QED) is 0.165. The molecule has 3 spiro atoms. The summed E-state index contributed by atoms with van der Waals surface area (Å²) in [5.41, 5.74) is 27.4. The van der Waals surface area contributed by atoms with E-state index in [0.29, 0.717) is 23.7 Å². The molecule has 1 aromatic heterocycles. The predicted octanol–water partition coefficient (Wildman–Crippen LogP) is 21.6. The minimum atomic E-state index is -0.146. The van der Waals surface area contributed by atoms with Gasteiger partial charge in [-0.1, -0.05) is 218 Å². The first-order valence-electron chi connectivity index (χ1n) is 30.6. The molecular weight excluding hydrogens is 1000 g/mol. The molecule has 2 heteroatoms. The van der Waals surface area contributed by atoms with Gasteiger partial charge in [0.1, 0.15) is 11.2 Å². The van der Waals surface area contributed by atoms with Gasteiger partial charge in [-0.25, -0.2) is 0 Å². The third-order valence-corrected chi connectivity index (χ3v) is 21.8. The minimum Gasteiger partial charge on any atom is -0.455 e. The van der Waals surface area contributed by atoms with E-state index >= 15 is 0 Å². The summed E-state index contributed by atoms with van der Waals surface area (Å²) in [5, 5.41) is 2.74. The predicted molar refractivity (Wildman–Crippen MR) is 342 cm³/mol. The number of nitrogens with zero attached hydrogens (tertiary/aromatic N) is 1. The van der Waals surface area contributed by atoms with E-state index in [9.17, 15) is 0 Å². The Morgan fingerprint density at radius 3 is 1.43 bits per heavy atom. The van der Waals surface area contributed by atoms with E-state index in [-0.39, 0.29) is 16.2 Å². The SMILES string of the molecule is c1ccc(-c2ccc(N(c3ccc(-c4ccc5c6c4oc4cccc(c46)C4CCC56CCC5CC7(CC8CC(C4)(c4ccccc4-c4ccccc48)C76)c4ccccc4-c4ccccc45)cc3)c3cccc(-c4ccccc4)c3)cc2)cc1. The molecule has 0 radical (unpaired) electrons. The van der Waals surface area contributed by atoms with Crippen LogP contribution in [0.15, 0.2) is 265 Å². The van der Waals surface area contributed by atoms with E-state index in [2.05, 4.69) is 266 Å². The normalized spacial score (nSPS) is 23.9. The maximum absolute atomic E-state index is 7.53. The van der Waals surface area contributed by atoms with Crippen LogP contribution in [0.5, 0.6) is 0 Å². The largest absolute Gasteiger partial charge is 0.455 e. The van der Waals surface area contributed by atoms with Gasteiger partial charge in [-0.15, -0.1) is 0 Å². The van der Waals surface area contributed by atoms with E-state index in [1.807, 2.05) is 0 Å². The van der Waals surface area contributed by atoms with Crippen LogP contribution in [0.25, 0.3) is 77.6 Å². The third-order valence-electron chi connectivity index (χ3n) is 21.8. The van der Waals surface area contributed by atoms with Crippen LogP contribution in [0.3, 0.4) is 0 Å². The Balaban J connectivity index is 0.853. The fourth-order valence-electron chi connectivity index (χ4n) is 19.0. The fraction of sp³-hybridized carbons (Fsp3) is 0.185. The van der Waals surface area contributed by atoms with E-state index in [0.717, 1.165) is 47.5 Å². The maximum Gasteiger partial charge on any atom is 0.143 e. The number of anilines is 3. The Morgan fingerprint density at radius 1 is 0.313 bits per heavy atom. The smallest absolute Gasteiger partial charge is 0.143 e. The average molecular weight is 1070 g/mol. The average Bonchev–Trinajstić information content (AvgIpc) is 1.71. The summed E-state index contributed by atoms with van der Waals surface area (Å²) in [7, 11) is 0. The summed E-state index contributed by atoms with van der Waals surface area (Å²) < 4.78 is 7.53. The lowest BCUT2D eigenvalue weighted by atomic mass is 9.40. The lowest BCUT2D eigenvalue weighted by Gasteiger charge is -2.63. The second-order valence-corrected chi connectivity index (χ2v) is 25.6. The van der Waals surface area contributed by atoms with Crippen LogP contribution in [0, 0.1) is 5.92 Å². The number of benzene rings is 11. The first-order chi connectivity index (χ1) is 41.1. The minimum absolute atomic E-state index is 0.115. The highest BCUT2D eigenvalue weighted by Gasteiger charge is 2.69. The Bertz CT molecular complexity index is 4550. The van der Waals surface area contributed by atoms with E-state index in [1.54, 1.807) is 27.8 Å². The van der Waals surface area contributed by atoms with Crippen molar-refractivity contribution in [3.63, 3.8) is 0 Å². The van der Waals surface area contributed by atoms with Crippen molar-refractivity contribution >= 4 is 39.0 Å². The molecule has 12 aromatic rings. The molecule has 1 heterocycles. The second kappa shape index (κ2) is 18.0. The van der Waals surface area contributed by atoms with Gasteiger partial charge in [0.15, 0.2) is 0 Å². The molecule has 3 saturated carbocycles. The van der Waals surface area contributed by atoms with Crippen LogP contribution in [-0.2, 0) is 16.2 Å². The van der Waals surface area contributed by atoms with Crippen molar-refractivity contribution < 1.29 is 4.42 Å². The molecule has 18 rings (SSSR count). The van der Waals surface area contributed by atoms with E-state index in [4.69, 9.17) is 4.42 Å². The summed E-state index contributed by atoms with van der Waals surface area (Å²) in [5.74, 6) is 1.56. The van der Waals surface area contributed by atoms with Gasteiger partial charge in [0, 0.05) is 49.6 Å². The van der Waals surface area contributed by atoms with E-state index < -0.39 is 0 Å². The molecule has 6 aliphatic rings. The van der Waals surface area contributed by atoms with Gasteiger partial charge in [-0.2, -0.15) is 0 Å². The highest BCUT2D eigenvalue weighted by molar-refractivity contribution is 6.13. The van der Waals surface area contributed by atoms with Crippen molar-refractivity contribution in [1.82, 2.24) is 0 Å². The monoisotopic (exact) mass is 1070 g/mol. The molecule has 0 saturated heterocycles. The Kier molecular flexibility index (Phi) is 10.3. The number of rotatable bonds is 6. The summed E-state index contributed by atoms with van der Waals surface area (Å²) in [6.07, 6.45) is 9.30. The van der Waals surface area contributed by atoms with Gasteiger partial charge in [0.05, 0.1) is 0 Å². The molecule has 6 aliphatic carbocycles. The molecule has 398 valence electrons. The number of fused-ring (bicyclic) bond motifs is 13. The zero-order chi connectivity index (χ0) is 54.4. The first-order valence-corrected chi connectivity index (χ1v) is 30.6. The molecule has 7 atom stereocenters. The van der Waals surface area contributed by atoms with Crippen LogP contribution in [0.1, 0.15) is 103 Å². The molecule has 2 nitrogen and oxygen atoms in total. The van der Waals surface area contributed by atoms with Crippen LogP contribution in [0.2, 0.25) is 0 Å². The number of hydrogen-bond donors (Lipinski definition) is 0. The number of hydrogen-bond acceptors (Lipinski definition) is 2. The molecule has 6 bridgehead atoms. The lowest BCUT2D eigenvalue weighted by Crippen LogP contribution is -2.60. The zero-order valence-corrected chi connectivity index (χ0v) is 46.6. The molecule has 83 heavy (non-hydrogen) atoms. The van der Waals surface area contributed by atoms with Crippen molar-refractivity contribution in [2.45, 2.75) is 85.4 Å². The highest BCUT2D eigenvalue weighted by atomic mass is 16.3. The molecule has 0 amide bonds. The van der Waals surface area contributed by atoms with Gasteiger partial charge >= 0.3 is 0 Å². The third kappa shape index (κ3) is 6.84. The van der Waals surface area contributed by atoms with E-state index in [1.165, 1.54) is 104 Å². The van der Waals surface area contributed by atoms with Crippen molar-refractivity contribution in [2.24, 2.45) is 5.92 Å². The van der Waals surface area contributed by atoms with Gasteiger partial charge in [-0.05, 0) is 201 Å². The Labute approximate surface area is 486 Å². The molecule has 0 aliphatic heterocycles. The Hall–Kier alpha value is -8.98. The van der Waals surface area contributed by atoms with Crippen LogP contribution in [-0.4, -0.2) is 0 Å². The second-order valence-electron chi connectivity index (χ2n) is 25.6. The van der Waals surface area contributed by atoms with Crippen molar-refractivity contribution in [1.29, 1.82) is 0 Å². The number of furan rings is 1. The summed E-state index contributed by atoms with van der Waals surface area (Å²) >= 11 is 0. The van der Waals surface area contributed by atoms with Crippen LogP contribution < -0.4 is 4.90 Å². The molecule has 0 N–H and O–H groups in total. The fourth-order valence-corrected chi connectivity index (χ4v) is 19.0. The summed E-state index contributed by atoms with van der Waals surface area (Å²) in [6.45, 7) is 0. The maximum atomic E-state index is 7.53. The van der Waals surface area contributed by atoms with Crippen molar-refractivity contribution in [3.8, 4) is 55.6 Å². The first kappa shape index (κ1) is 47.6. The standard InChI is InChI=1S/C81H63NO/c1-3-17-52(18-4-1)54-33-37-60(38-34-54)82(62-22-15-21-56(47-62)53-19-5-2-6-20-53)61-39-35-55(36-40-61)66-41-42-73-76-75-65(29-16-32-74(75)83-77(66)76)58-44-46-79(73)45-43-57-48-80(71-30-13-11-27-69(71)67-25-9-7-23-63(57)67)50-59-51-81(49-58,78(79)80)72-31-14-12-28-70(72)68-26-10-8-24-64(59)68/h1-42,47,57-59,78H,43-46,48-51H2. The van der Waals surface area contributed by atoms with Gasteiger partial charge in [-0.3, -0.25) is 0 Å². The summed E-state index contributed by atoms with van der Waals surface area (Å²) in [6, 6.07) is 100.0.